The summed E-state index contributed by atoms with van der Waals surface area (Å²) < 4.78 is 16.3. The molecule has 4 heterocycles. The highest BCUT2D eigenvalue weighted by molar-refractivity contribution is 7.09. The molecule has 142 valence electrons. The van der Waals surface area contributed by atoms with Crippen LogP contribution in [-0.4, -0.2) is 46.9 Å². The molecular weight excluding hydrogens is 364 g/mol. The molecule has 0 aliphatic carbocycles. The normalized spacial score (nSPS) is 17.4. The van der Waals surface area contributed by atoms with Crippen molar-refractivity contribution in [1.29, 1.82) is 0 Å². The molecule has 0 unspecified atom stereocenters. The van der Waals surface area contributed by atoms with Gasteiger partial charge in [0, 0.05) is 24.7 Å². The van der Waals surface area contributed by atoms with Crippen molar-refractivity contribution in [3.05, 3.63) is 46.6 Å². The second kappa shape index (κ2) is 8.60. The van der Waals surface area contributed by atoms with E-state index in [1.165, 1.54) is 4.88 Å². The minimum Gasteiger partial charge on any atom is -0.475 e. The maximum absolute atomic E-state index is 5.69. The van der Waals surface area contributed by atoms with Crippen LogP contribution in [0.4, 0.5) is 0 Å². The second-order valence-corrected chi connectivity index (χ2v) is 7.39. The predicted octanol–water partition coefficient (Wildman–Crippen LogP) is 3.56. The molecule has 1 aliphatic heterocycles. The predicted molar refractivity (Wildman–Crippen MR) is 102 cm³/mol. The Kier molecular flexibility index (Phi) is 5.76. The third kappa shape index (κ3) is 4.18. The first-order valence-electron chi connectivity index (χ1n) is 9.02. The molecule has 0 aromatic carbocycles. The average molecular weight is 386 g/mol. The maximum atomic E-state index is 5.69. The first kappa shape index (κ1) is 18.1. The number of rotatable bonds is 8. The van der Waals surface area contributed by atoms with Crippen LogP contribution in [0.1, 0.15) is 29.7 Å². The van der Waals surface area contributed by atoms with E-state index >= 15 is 0 Å². The average Bonchev–Trinajstić information content (AvgIpc) is 3.44. The molecule has 8 heteroatoms. The van der Waals surface area contributed by atoms with Crippen molar-refractivity contribution in [3.63, 3.8) is 0 Å². The Morgan fingerprint density at radius 3 is 3.11 bits per heavy atom. The Bertz CT molecular complexity index is 852. The van der Waals surface area contributed by atoms with Gasteiger partial charge >= 0.3 is 0 Å². The number of likely N-dealkylation sites (tertiary alicyclic amines) is 1. The number of hydrogen-bond donors (Lipinski definition) is 0. The first-order chi connectivity index (χ1) is 13.3. The number of hydrogen-bond acceptors (Lipinski definition) is 8. The lowest BCUT2D eigenvalue weighted by Gasteiger charge is -2.20. The van der Waals surface area contributed by atoms with Crippen molar-refractivity contribution in [2.24, 2.45) is 0 Å². The van der Waals surface area contributed by atoms with Crippen LogP contribution in [-0.2, 0) is 11.3 Å². The van der Waals surface area contributed by atoms with E-state index in [1.807, 2.05) is 12.1 Å². The zero-order valence-electron chi connectivity index (χ0n) is 15.2. The van der Waals surface area contributed by atoms with Crippen LogP contribution >= 0.6 is 11.3 Å². The molecule has 1 atom stereocenters. The fourth-order valence-corrected chi connectivity index (χ4v) is 4.00. The zero-order chi connectivity index (χ0) is 18.5. The van der Waals surface area contributed by atoms with E-state index < -0.39 is 0 Å². The quantitative estimate of drug-likeness (QED) is 0.548. The van der Waals surface area contributed by atoms with Crippen LogP contribution in [0.5, 0.6) is 5.88 Å². The van der Waals surface area contributed by atoms with Gasteiger partial charge in [-0.2, -0.15) is 4.98 Å². The van der Waals surface area contributed by atoms with Crippen LogP contribution in [0.2, 0.25) is 0 Å². The summed E-state index contributed by atoms with van der Waals surface area (Å²) in [6.07, 6.45) is 3.84. The highest BCUT2D eigenvalue weighted by Gasteiger charge is 2.31. The van der Waals surface area contributed by atoms with Crippen LogP contribution < -0.4 is 4.74 Å². The van der Waals surface area contributed by atoms with Gasteiger partial charge in [-0.25, -0.2) is 4.98 Å². The molecule has 1 fully saturated rings. The van der Waals surface area contributed by atoms with E-state index in [1.54, 1.807) is 24.6 Å². The standard InChI is InChI=1S/C19H22N4O3S/c1-24-10-11-25-18-15(6-2-8-20-18)17-21-19(26-22-17)16-7-3-9-23(16)13-14-5-4-12-27-14/h2,4-6,8,12,16H,3,7,9-11,13H2,1H3/t16-/m0/s1. The Morgan fingerprint density at radius 1 is 1.30 bits per heavy atom. The van der Waals surface area contributed by atoms with Gasteiger partial charge in [-0.1, -0.05) is 11.2 Å². The van der Waals surface area contributed by atoms with Gasteiger partial charge in [0.25, 0.3) is 0 Å². The van der Waals surface area contributed by atoms with E-state index in [9.17, 15) is 0 Å². The van der Waals surface area contributed by atoms with Crippen LogP contribution in [0.3, 0.4) is 0 Å². The molecule has 3 aromatic rings. The Hall–Kier alpha value is -2.29. The molecular formula is C19H22N4O3S. The maximum Gasteiger partial charge on any atom is 0.244 e. The lowest BCUT2D eigenvalue weighted by Crippen LogP contribution is -2.22. The molecule has 1 saturated heterocycles. The van der Waals surface area contributed by atoms with Gasteiger partial charge in [-0.3, -0.25) is 4.90 Å². The van der Waals surface area contributed by atoms with Gasteiger partial charge < -0.3 is 14.0 Å². The zero-order valence-corrected chi connectivity index (χ0v) is 16.0. The van der Waals surface area contributed by atoms with Crippen LogP contribution in [0.25, 0.3) is 11.4 Å². The van der Waals surface area contributed by atoms with Gasteiger partial charge in [-0.05, 0) is 43.0 Å². The summed E-state index contributed by atoms with van der Waals surface area (Å²) in [4.78, 5) is 12.7. The number of thiophene rings is 1. The Labute approximate surface area is 161 Å². The van der Waals surface area contributed by atoms with E-state index in [0.29, 0.717) is 30.8 Å². The first-order valence-corrected chi connectivity index (χ1v) is 9.90. The van der Waals surface area contributed by atoms with E-state index in [0.717, 1.165) is 31.5 Å². The highest BCUT2D eigenvalue weighted by atomic mass is 32.1. The fourth-order valence-electron chi connectivity index (χ4n) is 3.28. The summed E-state index contributed by atoms with van der Waals surface area (Å²) in [5.41, 5.74) is 0.728. The summed E-state index contributed by atoms with van der Waals surface area (Å²) in [6, 6.07) is 8.14. The molecule has 3 aromatic heterocycles. The van der Waals surface area contributed by atoms with Crippen LogP contribution in [0.15, 0.2) is 40.4 Å². The Balaban J connectivity index is 1.51. The van der Waals surface area contributed by atoms with Gasteiger partial charge in [0.15, 0.2) is 0 Å². The minimum atomic E-state index is 0.155. The molecule has 27 heavy (non-hydrogen) atoms. The van der Waals surface area contributed by atoms with Crippen molar-refractivity contribution in [1.82, 2.24) is 20.0 Å². The lowest BCUT2D eigenvalue weighted by atomic mass is 10.2. The number of nitrogens with zero attached hydrogens (tertiary/aromatic N) is 4. The number of methoxy groups -OCH3 is 1. The van der Waals surface area contributed by atoms with Crippen molar-refractivity contribution >= 4 is 11.3 Å². The third-order valence-corrected chi connectivity index (χ3v) is 5.43. The van der Waals surface area contributed by atoms with Gasteiger partial charge in [0.05, 0.1) is 18.2 Å². The largest absolute Gasteiger partial charge is 0.475 e. The fraction of sp³-hybridized carbons (Fsp3) is 0.421. The van der Waals surface area contributed by atoms with Gasteiger partial charge in [0.1, 0.15) is 6.61 Å². The molecule has 0 bridgehead atoms. The number of aromatic nitrogens is 3. The van der Waals surface area contributed by atoms with Crippen molar-refractivity contribution in [2.45, 2.75) is 25.4 Å². The Morgan fingerprint density at radius 2 is 2.26 bits per heavy atom. The third-order valence-electron chi connectivity index (χ3n) is 4.57. The molecule has 0 saturated carbocycles. The SMILES string of the molecule is COCCOc1ncccc1-c1noc([C@@H]2CCCN2Cc2cccs2)n1. The molecule has 0 amide bonds. The summed E-state index contributed by atoms with van der Waals surface area (Å²) >= 11 is 1.78. The molecule has 7 nitrogen and oxygen atoms in total. The van der Waals surface area contributed by atoms with Crippen molar-refractivity contribution < 1.29 is 14.0 Å². The van der Waals surface area contributed by atoms with Crippen LogP contribution in [0, 0.1) is 0 Å². The van der Waals surface area contributed by atoms with Gasteiger partial charge in [0.2, 0.25) is 17.6 Å². The highest BCUT2D eigenvalue weighted by Crippen LogP contribution is 2.34. The second-order valence-electron chi connectivity index (χ2n) is 6.36. The van der Waals surface area contributed by atoms with Crippen molar-refractivity contribution in [2.75, 3.05) is 26.9 Å². The number of pyridine rings is 1. The molecule has 1 aliphatic rings. The summed E-state index contributed by atoms with van der Waals surface area (Å²) in [5, 5.41) is 6.30. The van der Waals surface area contributed by atoms with Crippen molar-refractivity contribution in [3.8, 4) is 17.3 Å². The smallest absolute Gasteiger partial charge is 0.244 e. The van der Waals surface area contributed by atoms with E-state index in [-0.39, 0.29) is 6.04 Å². The minimum absolute atomic E-state index is 0.155. The molecule has 0 spiro atoms. The topological polar surface area (TPSA) is 73.5 Å². The summed E-state index contributed by atoms with van der Waals surface area (Å²) in [6.45, 7) is 2.87. The molecule has 0 N–H and O–H groups in total. The van der Waals surface area contributed by atoms with E-state index in [2.05, 4.69) is 37.5 Å². The lowest BCUT2D eigenvalue weighted by molar-refractivity contribution is 0.144. The van der Waals surface area contributed by atoms with Gasteiger partial charge in [-0.15, -0.1) is 11.3 Å². The molecule has 4 rings (SSSR count). The monoisotopic (exact) mass is 386 g/mol. The summed E-state index contributed by atoms with van der Waals surface area (Å²) in [5.74, 6) is 1.66. The number of ether oxygens (including phenoxy) is 2. The van der Waals surface area contributed by atoms with E-state index in [4.69, 9.17) is 14.0 Å². The molecule has 0 radical (unpaired) electrons. The summed E-state index contributed by atoms with van der Waals surface area (Å²) in [7, 11) is 1.64.